The van der Waals surface area contributed by atoms with E-state index in [1.165, 1.54) is 40.0 Å². The summed E-state index contributed by atoms with van der Waals surface area (Å²) in [5, 5.41) is 7.54. The lowest BCUT2D eigenvalue weighted by molar-refractivity contribution is -0.116. The monoisotopic (exact) mass is 397 g/mol. The fourth-order valence-corrected chi connectivity index (χ4v) is 2.96. The van der Waals surface area contributed by atoms with Gasteiger partial charge in [-0.25, -0.2) is 14.1 Å². The van der Waals surface area contributed by atoms with Gasteiger partial charge < -0.3 is 5.32 Å². The van der Waals surface area contributed by atoms with Crippen molar-refractivity contribution in [3.05, 3.63) is 82.2 Å². The predicted molar refractivity (Wildman–Crippen MR) is 103 cm³/mol. The Labute approximate surface area is 163 Å². The van der Waals surface area contributed by atoms with Crippen LogP contribution >= 0.6 is 11.6 Å². The number of rotatable bonds is 4. The quantitative estimate of drug-likeness (QED) is 0.574. The Morgan fingerprint density at radius 2 is 2.00 bits per heavy atom. The number of carbonyl (C=O) groups is 1. The van der Waals surface area contributed by atoms with Crippen molar-refractivity contribution in [2.45, 2.75) is 6.54 Å². The van der Waals surface area contributed by atoms with Gasteiger partial charge in [-0.15, -0.1) is 0 Å². The number of amides is 1. The Kier molecular flexibility index (Phi) is 4.62. The van der Waals surface area contributed by atoms with Crippen molar-refractivity contribution in [2.75, 3.05) is 5.32 Å². The van der Waals surface area contributed by atoms with Gasteiger partial charge in [-0.2, -0.15) is 5.10 Å². The van der Waals surface area contributed by atoms with E-state index in [-0.39, 0.29) is 11.9 Å². The predicted octanol–water partition coefficient (Wildman–Crippen LogP) is 3.01. The molecule has 2 aromatic heterocycles. The highest BCUT2D eigenvalue weighted by Crippen LogP contribution is 2.17. The number of hydrogen-bond acceptors (Lipinski definition) is 4. The van der Waals surface area contributed by atoms with Gasteiger partial charge in [0.05, 0.1) is 11.9 Å². The number of aromatic nitrogens is 4. The molecule has 0 bridgehead atoms. The van der Waals surface area contributed by atoms with Crippen molar-refractivity contribution < 1.29 is 9.18 Å². The Bertz CT molecular complexity index is 1250. The molecule has 2 heterocycles. The molecule has 4 rings (SSSR count). The molecule has 0 aliphatic carbocycles. The Morgan fingerprint density at radius 3 is 2.79 bits per heavy atom. The van der Waals surface area contributed by atoms with Crippen LogP contribution in [-0.2, 0) is 11.3 Å². The van der Waals surface area contributed by atoms with Gasteiger partial charge in [0.2, 0.25) is 5.91 Å². The molecule has 0 aliphatic rings. The van der Waals surface area contributed by atoms with Crippen LogP contribution in [-0.4, -0.2) is 25.2 Å². The molecular formula is C19H13ClFN5O2. The molecule has 2 aromatic carbocycles. The first-order chi connectivity index (χ1) is 13.5. The van der Waals surface area contributed by atoms with Crippen LogP contribution in [0.1, 0.15) is 0 Å². The van der Waals surface area contributed by atoms with E-state index < -0.39 is 17.3 Å². The lowest BCUT2D eigenvalue weighted by Crippen LogP contribution is -2.27. The minimum atomic E-state index is -0.476. The number of carbonyl (C=O) groups excluding carboxylic acids is 1. The normalized spacial score (nSPS) is 10.9. The average Bonchev–Trinajstić information content (AvgIpc) is 3.09. The molecule has 0 fully saturated rings. The molecule has 28 heavy (non-hydrogen) atoms. The summed E-state index contributed by atoms with van der Waals surface area (Å²) in [5.41, 5.74) is 0.915. The minimum absolute atomic E-state index is 0.263. The van der Waals surface area contributed by atoms with Crippen LogP contribution < -0.4 is 10.9 Å². The number of fused-ring (bicyclic) bond motifs is 1. The first kappa shape index (κ1) is 17.9. The third-order valence-corrected chi connectivity index (χ3v) is 4.26. The smallest absolute Gasteiger partial charge is 0.264 e. The maximum Gasteiger partial charge on any atom is 0.264 e. The number of nitrogens with zero attached hydrogens (tertiary/aromatic N) is 4. The second kappa shape index (κ2) is 7.24. The maximum absolute atomic E-state index is 13.2. The molecule has 0 saturated heterocycles. The van der Waals surface area contributed by atoms with E-state index in [2.05, 4.69) is 15.4 Å². The van der Waals surface area contributed by atoms with Gasteiger partial charge in [0.25, 0.3) is 5.56 Å². The fourth-order valence-electron chi connectivity index (χ4n) is 2.78. The Balaban J connectivity index is 1.62. The van der Waals surface area contributed by atoms with Gasteiger partial charge in [-0.1, -0.05) is 23.7 Å². The summed E-state index contributed by atoms with van der Waals surface area (Å²) in [4.78, 5) is 29.1. The molecule has 0 saturated carbocycles. The zero-order valence-electron chi connectivity index (χ0n) is 14.3. The van der Waals surface area contributed by atoms with Crippen LogP contribution in [0, 0.1) is 5.82 Å². The summed E-state index contributed by atoms with van der Waals surface area (Å²) in [5.74, 6) is -0.942. The van der Waals surface area contributed by atoms with E-state index in [4.69, 9.17) is 11.6 Å². The topological polar surface area (TPSA) is 81.8 Å². The number of nitrogens with one attached hydrogen (secondary N) is 1. The second-order valence-corrected chi connectivity index (χ2v) is 6.45. The third kappa shape index (κ3) is 3.49. The lowest BCUT2D eigenvalue weighted by atomic mass is 10.3. The van der Waals surface area contributed by atoms with Crippen molar-refractivity contribution in [3.8, 4) is 5.69 Å². The second-order valence-electron chi connectivity index (χ2n) is 6.01. The van der Waals surface area contributed by atoms with E-state index >= 15 is 0 Å². The largest absolute Gasteiger partial charge is 0.324 e. The van der Waals surface area contributed by atoms with Gasteiger partial charge in [0, 0.05) is 10.7 Å². The minimum Gasteiger partial charge on any atom is -0.324 e. The molecule has 0 spiro atoms. The molecule has 0 unspecified atom stereocenters. The van der Waals surface area contributed by atoms with Crippen molar-refractivity contribution in [1.82, 2.24) is 19.3 Å². The Hall–Kier alpha value is -3.52. The third-order valence-electron chi connectivity index (χ3n) is 4.03. The molecule has 7 nitrogen and oxygen atoms in total. The summed E-state index contributed by atoms with van der Waals surface area (Å²) in [7, 11) is 0. The SMILES string of the molecule is O=C(Cn1cnc2c(cnn2-c2cccc(Cl)c2)c1=O)Nc1cccc(F)c1. The van der Waals surface area contributed by atoms with Crippen LogP contribution in [0.5, 0.6) is 0 Å². The van der Waals surface area contributed by atoms with Crippen molar-refractivity contribution in [1.29, 1.82) is 0 Å². The molecule has 9 heteroatoms. The van der Waals surface area contributed by atoms with E-state index in [1.54, 1.807) is 30.3 Å². The van der Waals surface area contributed by atoms with Gasteiger partial charge in [0.1, 0.15) is 24.1 Å². The molecule has 0 radical (unpaired) electrons. The van der Waals surface area contributed by atoms with Gasteiger partial charge >= 0.3 is 0 Å². The van der Waals surface area contributed by atoms with Crippen LogP contribution in [0.3, 0.4) is 0 Å². The van der Waals surface area contributed by atoms with Crippen molar-refractivity contribution >= 4 is 34.2 Å². The van der Waals surface area contributed by atoms with Gasteiger partial charge in [-0.3, -0.25) is 14.2 Å². The summed E-state index contributed by atoms with van der Waals surface area (Å²) in [6, 6.07) is 12.5. The molecule has 0 aliphatic heterocycles. The highest BCUT2D eigenvalue weighted by Gasteiger charge is 2.13. The van der Waals surface area contributed by atoms with Crippen LogP contribution in [0.2, 0.25) is 5.02 Å². The van der Waals surface area contributed by atoms with Gasteiger partial charge in [-0.05, 0) is 36.4 Å². The van der Waals surface area contributed by atoms with Crippen molar-refractivity contribution in [3.63, 3.8) is 0 Å². The lowest BCUT2D eigenvalue weighted by Gasteiger charge is -2.08. The van der Waals surface area contributed by atoms with Gasteiger partial charge in [0.15, 0.2) is 5.65 Å². The van der Waals surface area contributed by atoms with E-state index in [1.807, 2.05) is 0 Å². The number of hydrogen-bond donors (Lipinski definition) is 1. The summed E-state index contributed by atoms with van der Waals surface area (Å²) >= 11 is 6.01. The molecule has 4 aromatic rings. The first-order valence-electron chi connectivity index (χ1n) is 8.26. The summed E-state index contributed by atoms with van der Waals surface area (Å²) in [6.45, 7) is -0.263. The number of halogens is 2. The highest BCUT2D eigenvalue weighted by molar-refractivity contribution is 6.30. The average molecular weight is 398 g/mol. The highest BCUT2D eigenvalue weighted by atomic mass is 35.5. The van der Waals surface area contributed by atoms with E-state index in [0.29, 0.717) is 22.0 Å². The van der Waals surface area contributed by atoms with Crippen molar-refractivity contribution in [2.24, 2.45) is 0 Å². The zero-order chi connectivity index (χ0) is 19.7. The van der Waals surface area contributed by atoms with E-state index in [9.17, 15) is 14.0 Å². The molecular weight excluding hydrogens is 385 g/mol. The van der Waals surface area contributed by atoms with Crippen LogP contribution in [0.25, 0.3) is 16.7 Å². The standard InChI is InChI=1S/C19H13ClFN5O2/c20-12-3-1-6-15(7-12)26-18-16(9-23-26)19(28)25(11-22-18)10-17(27)24-14-5-2-4-13(21)8-14/h1-9,11H,10H2,(H,24,27). The fraction of sp³-hybridized carbons (Fsp3) is 0.0526. The molecule has 0 atom stereocenters. The summed E-state index contributed by atoms with van der Waals surface area (Å²) in [6.07, 6.45) is 2.67. The zero-order valence-corrected chi connectivity index (χ0v) is 15.1. The van der Waals surface area contributed by atoms with E-state index in [0.717, 1.165) is 0 Å². The Morgan fingerprint density at radius 1 is 1.18 bits per heavy atom. The maximum atomic E-state index is 13.2. The van der Waals surface area contributed by atoms with Crippen LogP contribution in [0.15, 0.2) is 65.8 Å². The number of anilines is 1. The first-order valence-corrected chi connectivity index (χ1v) is 8.63. The summed E-state index contributed by atoms with van der Waals surface area (Å²) < 4.78 is 15.9. The number of benzene rings is 2. The molecule has 1 amide bonds. The van der Waals surface area contributed by atoms with Crippen LogP contribution in [0.4, 0.5) is 10.1 Å². The molecule has 1 N–H and O–H groups in total. The molecule has 140 valence electrons.